The lowest BCUT2D eigenvalue weighted by Crippen LogP contribution is -2.17. The van der Waals surface area contributed by atoms with Crippen molar-refractivity contribution in [2.45, 2.75) is 26.1 Å². The fourth-order valence-corrected chi connectivity index (χ4v) is 1.77. The van der Waals surface area contributed by atoms with Crippen LogP contribution >= 0.6 is 0 Å². The Bertz CT molecular complexity index is 302. The Labute approximate surface area is 84.3 Å². The van der Waals surface area contributed by atoms with Crippen LogP contribution in [0.5, 0.6) is 0 Å². The van der Waals surface area contributed by atoms with E-state index in [1.165, 1.54) is 0 Å². The second-order valence-corrected chi connectivity index (χ2v) is 3.83. The summed E-state index contributed by atoms with van der Waals surface area (Å²) in [4.78, 5) is 0. The standard InChI is InChI=1S/C10H17N3O/c1-8-5-9(13(2)12-8)7-14-10-3-4-11-6-10/h5,10-11H,3-4,6-7H2,1-2H3. The molecule has 1 aliphatic heterocycles. The first-order chi connectivity index (χ1) is 6.75. The van der Waals surface area contributed by atoms with E-state index in [0.717, 1.165) is 30.9 Å². The molecular weight excluding hydrogens is 178 g/mol. The molecule has 78 valence electrons. The van der Waals surface area contributed by atoms with E-state index in [0.29, 0.717) is 12.7 Å². The van der Waals surface area contributed by atoms with E-state index in [9.17, 15) is 0 Å². The normalized spacial score (nSPS) is 21.7. The number of aromatic nitrogens is 2. The van der Waals surface area contributed by atoms with Gasteiger partial charge in [-0.25, -0.2) is 0 Å². The van der Waals surface area contributed by atoms with Gasteiger partial charge in [-0.15, -0.1) is 0 Å². The van der Waals surface area contributed by atoms with Crippen LogP contribution in [0.3, 0.4) is 0 Å². The molecule has 1 fully saturated rings. The third-order valence-corrected chi connectivity index (χ3v) is 2.58. The van der Waals surface area contributed by atoms with Crippen LogP contribution in [-0.4, -0.2) is 29.0 Å². The number of nitrogens with zero attached hydrogens (tertiary/aromatic N) is 2. The highest BCUT2D eigenvalue weighted by molar-refractivity contribution is 5.07. The van der Waals surface area contributed by atoms with E-state index in [-0.39, 0.29) is 0 Å². The van der Waals surface area contributed by atoms with Crippen LogP contribution in [0.2, 0.25) is 0 Å². The maximum Gasteiger partial charge on any atom is 0.0889 e. The molecule has 0 spiro atoms. The topological polar surface area (TPSA) is 39.1 Å². The summed E-state index contributed by atoms with van der Waals surface area (Å²) in [6.07, 6.45) is 1.50. The van der Waals surface area contributed by atoms with Crippen molar-refractivity contribution in [3.8, 4) is 0 Å². The second-order valence-electron chi connectivity index (χ2n) is 3.83. The molecule has 0 saturated carbocycles. The summed E-state index contributed by atoms with van der Waals surface area (Å²) < 4.78 is 7.65. The first kappa shape index (κ1) is 9.68. The largest absolute Gasteiger partial charge is 0.371 e. The highest BCUT2D eigenvalue weighted by atomic mass is 16.5. The average molecular weight is 195 g/mol. The maximum absolute atomic E-state index is 5.76. The van der Waals surface area contributed by atoms with Gasteiger partial charge in [0.05, 0.1) is 24.1 Å². The zero-order chi connectivity index (χ0) is 9.97. The van der Waals surface area contributed by atoms with Crippen molar-refractivity contribution in [2.75, 3.05) is 13.1 Å². The minimum Gasteiger partial charge on any atom is -0.371 e. The first-order valence-electron chi connectivity index (χ1n) is 5.07. The summed E-state index contributed by atoms with van der Waals surface area (Å²) in [6, 6.07) is 2.07. The van der Waals surface area contributed by atoms with E-state index in [1.54, 1.807) is 0 Å². The summed E-state index contributed by atoms with van der Waals surface area (Å²) in [5, 5.41) is 7.56. The lowest BCUT2D eigenvalue weighted by atomic mass is 10.3. The molecular formula is C10H17N3O. The van der Waals surface area contributed by atoms with E-state index in [2.05, 4.69) is 16.5 Å². The molecule has 0 aliphatic carbocycles. The van der Waals surface area contributed by atoms with Crippen molar-refractivity contribution in [3.05, 3.63) is 17.5 Å². The van der Waals surface area contributed by atoms with E-state index in [4.69, 9.17) is 4.74 Å². The van der Waals surface area contributed by atoms with Gasteiger partial charge in [0.25, 0.3) is 0 Å². The van der Waals surface area contributed by atoms with Gasteiger partial charge in [-0.1, -0.05) is 0 Å². The van der Waals surface area contributed by atoms with Crippen LogP contribution in [0.25, 0.3) is 0 Å². The molecule has 0 bridgehead atoms. The number of rotatable bonds is 3. The Morgan fingerprint density at radius 3 is 3.14 bits per heavy atom. The van der Waals surface area contributed by atoms with Gasteiger partial charge < -0.3 is 10.1 Å². The quantitative estimate of drug-likeness (QED) is 0.768. The SMILES string of the molecule is Cc1cc(COC2CCNC2)n(C)n1. The minimum absolute atomic E-state index is 0.380. The van der Waals surface area contributed by atoms with Crippen molar-refractivity contribution in [1.82, 2.24) is 15.1 Å². The van der Waals surface area contributed by atoms with Gasteiger partial charge in [-0.05, 0) is 26.0 Å². The van der Waals surface area contributed by atoms with Gasteiger partial charge in [0.15, 0.2) is 0 Å². The van der Waals surface area contributed by atoms with Gasteiger partial charge in [-0.2, -0.15) is 5.10 Å². The fourth-order valence-electron chi connectivity index (χ4n) is 1.77. The van der Waals surface area contributed by atoms with E-state index < -0.39 is 0 Å². The van der Waals surface area contributed by atoms with Crippen LogP contribution in [0.1, 0.15) is 17.8 Å². The summed E-state index contributed by atoms with van der Waals surface area (Å²) >= 11 is 0. The summed E-state index contributed by atoms with van der Waals surface area (Å²) in [5.41, 5.74) is 2.20. The Balaban J connectivity index is 1.87. The number of hydrogen-bond donors (Lipinski definition) is 1. The van der Waals surface area contributed by atoms with Crippen LogP contribution in [-0.2, 0) is 18.4 Å². The third kappa shape index (κ3) is 2.13. The fraction of sp³-hybridized carbons (Fsp3) is 0.700. The Morgan fingerprint density at radius 2 is 2.57 bits per heavy atom. The van der Waals surface area contributed by atoms with Crippen LogP contribution in [0.4, 0.5) is 0 Å². The van der Waals surface area contributed by atoms with Gasteiger partial charge in [0.2, 0.25) is 0 Å². The average Bonchev–Trinajstić information content (AvgIpc) is 2.72. The van der Waals surface area contributed by atoms with Gasteiger partial charge in [0, 0.05) is 13.6 Å². The molecule has 2 heterocycles. The monoisotopic (exact) mass is 195 g/mol. The number of ether oxygens (including phenoxy) is 1. The van der Waals surface area contributed by atoms with Crippen molar-refractivity contribution in [3.63, 3.8) is 0 Å². The van der Waals surface area contributed by atoms with Crippen LogP contribution in [0, 0.1) is 6.92 Å². The lowest BCUT2D eigenvalue weighted by Gasteiger charge is -2.09. The maximum atomic E-state index is 5.76. The molecule has 1 aromatic heterocycles. The molecule has 1 N–H and O–H groups in total. The highest BCUT2D eigenvalue weighted by Gasteiger charge is 2.15. The third-order valence-electron chi connectivity index (χ3n) is 2.58. The predicted molar refractivity (Wildman–Crippen MR) is 54.0 cm³/mol. The molecule has 0 amide bonds. The Kier molecular flexibility index (Phi) is 2.84. The van der Waals surface area contributed by atoms with Crippen molar-refractivity contribution in [2.24, 2.45) is 7.05 Å². The molecule has 1 saturated heterocycles. The number of nitrogens with one attached hydrogen (secondary N) is 1. The zero-order valence-electron chi connectivity index (χ0n) is 8.79. The molecule has 2 rings (SSSR count). The molecule has 1 unspecified atom stereocenters. The number of hydrogen-bond acceptors (Lipinski definition) is 3. The molecule has 1 aliphatic rings. The van der Waals surface area contributed by atoms with Crippen LogP contribution < -0.4 is 5.32 Å². The molecule has 1 aromatic rings. The number of aryl methyl sites for hydroxylation is 2. The van der Waals surface area contributed by atoms with E-state index in [1.807, 2.05) is 18.7 Å². The molecule has 4 nitrogen and oxygen atoms in total. The minimum atomic E-state index is 0.380. The van der Waals surface area contributed by atoms with Crippen molar-refractivity contribution in [1.29, 1.82) is 0 Å². The predicted octanol–water partition coefficient (Wildman–Crippen LogP) is 0.607. The first-order valence-corrected chi connectivity index (χ1v) is 5.07. The van der Waals surface area contributed by atoms with Crippen LogP contribution in [0.15, 0.2) is 6.07 Å². The molecule has 0 aromatic carbocycles. The van der Waals surface area contributed by atoms with Gasteiger partial charge in [-0.3, -0.25) is 4.68 Å². The second kappa shape index (κ2) is 4.11. The lowest BCUT2D eigenvalue weighted by molar-refractivity contribution is 0.0504. The molecule has 1 atom stereocenters. The Morgan fingerprint density at radius 1 is 1.71 bits per heavy atom. The van der Waals surface area contributed by atoms with Gasteiger partial charge >= 0.3 is 0 Å². The highest BCUT2D eigenvalue weighted by Crippen LogP contribution is 2.09. The Hall–Kier alpha value is -0.870. The molecule has 0 radical (unpaired) electrons. The molecule has 4 heteroatoms. The summed E-state index contributed by atoms with van der Waals surface area (Å²) in [6.45, 7) is 4.73. The van der Waals surface area contributed by atoms with Crippen molar-refractivity contribution < 1.29 is 4.74 Å². The zero-order valence-corrected chi connectivity index (χ0v) is 8.79. The van der Waals surface area contributed by atoms with Crippen molar-refractivity contribution >= 4 is 0 Å². The van der Waals surface area contributed by atoms with Gasteiger partial charge in [0.1, 0.15) is 0 Å². The van der Waals surface area contributed by atoms with E-state index >= 15 is 0 Å². The smallest absolute Gasteiger partial charge is 0.0889 e. The molecule has 14 heavy (non-hydrogen) atoms. The summed E-state index contributed by atoms with van der Waals surface area (Å²) in [5.74, 6) is 0. The summed E-state index contributed by atoms with van der Waals surface area (Å²) in [7, 11) is 1.96.